The van der Waals surface area contributed by atoms with Crippen LogP contribution >= 0.6 is 0 Å². The zero-order chi connectivity index (χ0) is 19.4. The van der Waals surface area contributed by atoms with E-state index in [4.69, 9.17) is 0 Å². The summed E-state index contributed by atoms with van der Waals surface area (Å²) in [5.74, 6) is -1.79. The summed E-state index contributed by atoms with van der Waals surface area (Å²) >= 11 is 0. The van der Waals surface area contributed by atoms with Gasteiger partial charge in [0.05, 0.1) is 23.6 Å². The van der Waals surface area contributed by atoms with Crippen molar-refractivity contribution < 1.29 is 14.7 Å². The molecule has 1 amide bonds. The number of rotatable bonds is 6. The van der Waals surface area contributed by atoms with Gasteiger partial charge in [0.15, 0.2) is 0 Å². The van der Waals surface area contributed by atoms with Crippen molar-refractivity contribution in [1.82, 2.24) is 10.3 Å². The highest BCUT2D eigenvalue weighted by atomic mass is 16.4. The van der Waals surface area contributed by atoms with E-state index in [1.165, 1.54) is 0 Å². The van der Waals surface area contributed by atoms with E-state index in [1.807, 2.05) is 48.7 Å². The number of nitrogens with zero attached hydrogens (tertiary/aromatic N) is 1. The number of carboxylic acids is 1. The van der Waals surface area contributed by atoms with Gasteiger partial charge in [-0.2, -0.15) is 0 Å². The van der Waals surface area contributed by atoms with Crippen LogP contribution in [0.25, 0.3) is 0 Å². The lowest BCUT2D eigenvalue weighted by atomic mass is 9.94. The highest BCUT2D eigenvalue weighted by Gasteiger charge is 2.38. The van der Waals surface area contributed by atoms with Crippen molar-refractivity contribution in [2.45, 2.75) is 45.1 Å². The minimum Gasteiger partial charge on any atom is -0.481 e. The molecule has 1 heterocycles. The molecule has 3 unspecified atom stereocenters. The average Bonchev–Trinajstić information content (AvgIpc) is 3.17. The molecule has 0 aliphatic heterocycles. The maximum atomic E-state index is 12.9. The molecule has 5 heteroatoms. The minimum absolute atomic E-state index is 0.205. The number of carbonyl (C=O) groups excluding carboxylic acids is 1. The molecule has 1 fully saturated rings. The number of benzene rings is 1. The molecule has 142 valence electrons. The van der Waals surface area contributed by atoms with Gasteiger partial charge in [-0.25, -0.2) is 0 Å². The fraction of sp³-hybridized carbons (Fsp3) is 0.409. The van der Waals surface area contributed by atoms with Crippen LogP contribution in [0.5, 0.6) is 0 Å². The van der Waals surface area contributed by atoms with Crippen molar-refractivity contribution in [2.24, 2.45) is 11.8 Å². The quantitative estimate of drug-likeness (QED) is 0.812. The SMILES string of the molecule is CC(C)c1ccc(C(NC(=O)C2CCCC2C(=O)O)c2ccccc2)nc1. The summed E-state index contributed by atoms with van der Waals surface area (Å²) in [6.45, 7) is 4.22. The van der Waals surface area contributed by atoms with Crippen molar-refractivity contribution in [3.05, 3.63) is 65.5 Å². The van der Waals surface area contributed by atoms with Gasteiger partial charge >= 0.3 is 5.97 Å². The van der Waals surface area contributed by atoms with E-state index in [0.29, 0.717) is 18.8 Å². The maximum Gasteiger partial charge on any atom is 0.307 e. The van der Waals surface area contributed by atoms with Crippen LogP contribution < -0.4 is 5.32 Å². The second kappa shape index (κ2) is 8.33. The third kappa shape index (κ3) is 4.35. The molecule has 1 aliphatic rings. The first-order valence-corrected chi connectivity index (χ1v) is 9.51. The Morgan fingerprint density at radius 3 is 2.33 bits per heavy atom. The molecule has 27 heavy (non-hydrogen) atoms. The third-order valence-electron chi connectivity index (χ3n) is 5.36. The average molecular weight is 366 g/mol. The fourth-order valence-electron chi connectivity index (χ4n) is 3.72. The molecule has 1 aliphatic carbocycles. The van der Waals surface area contributed by atoms with Gasteiger partial charge in [-0.3, -0.25) is 14.6 Å². The Kier molecular flexibility index (Phi) is 5.89. The molecule has 0 saturated heterocycles. The van der Waals surface area contributed by atoms with E-state index in [-0.39, 0.29) is 5.91 Å². The molecule has 1 aromatic carbocycles. The molecule has 0 radical (unpaired) electrons. The predicted octanol–water partition coefficient (Wildman–Crippen LogP) is 3.91. The summed E-state index contributed by atoms with van der Waals surface area (Å²) in [7, 11) is 0. The van der Waals surface area contributed by atoms with Gasteiger partial charge in [0.2, 0.25) is 5.91 Å². The second-order valence-corrected chi connectivity index (χ2v) is 7.51. The summed E-state index contributed by atoms with van der Waals surface area (Å²) < 4.78 is 0. The molecular weight excluding hydrogens is 340 g/mol. The molecule has 0 bridgehead atoms. The zero-order valence-electron chi connectivity index (χ0n) is 15.8. The molecule has 5 nitrogen and oxygen atoms in total. The van der Waals surface area contributed by atoms with Crippen molar-refractivity contribution in [2.75, 3.05) is 0 Å². The first-order chi connectivity index (χ1) is 13.0. The van der Waals surface area contributed by atoms with Gasteiger partial charge in [-0.15, -0.1) is 0 Å². The Morgan fingerprint density at radius 2 is 1.74 bits per heavy atom. The summed E-state index contributed by atoms with van der Waals surface area (Å²) in [6, 6.07) is 13.3. The van der Waals surface area contributed by atoms with E-state index in [1.54, 1.807) is 0 Å². The molecule has 0 spiro atoms. The number of amides is 1. The number of nitrogens with one attached hydrogen (secondary N) is 1. The van der Waals surface area contributed by atoms with E-state index in [2.05, 4.69) is 24.1 Å². The van der Waals surface area contributed by atoms with Crippen LogP contribution in [0.2, 0.25) is 0 Å². The maximum absolute atomic E-state index is 12.9. The summed E-state index contributed by atoms with van der Waals surface area (Å²) in [5, 5.41) is 12.5. The zero-order valence-corrected chi connectivity index (χ0v) is 15.8. The van der Waals surface area contributed by atoms with Crippen molar-refractivity contribution in [3.63, 3.8) is 0 Å². The van der Waals surface area contributed by atoms with Crippen LogP contribution in [0, 0.1) is 11.8 Å². The van der Waals surface area contributed by atoms with Crippen LogP contribution in [0.4, 0.5) is 0 Å². The van der Waals surface area contributed by atoms with Gasteiger partial charge in [0.25, 0.3) is 0 Å². The van der Waals surface area contributed by atoms with Crippen LogP contribution in [0.3, 0.4) is 0 Å². The van der Waals surface area contributed by atoms with Crippen LogP contribution in [0.15, 0.2) is 48.7 Å². The molecule has 1 aromatic heterocycles. The Bertz CT molecular complexity index is 787. The normalized spacial score (nSPS) is 20.4. The lowest BCUT2D eigenvalue weighted by Gasteiger charge is -2.23. The number of hydrogen-bond acceptors (Lipinski definition) is 3. The summed E-state index contributed by atoms with van der Waals surface area (Å²) in [6.07, 6.45) is 3.79. The molecule has 2 N–H and O–H groups in total. The van der Waals surface area contributed by atoms with Gasteiger partial charge in [-0.1, -0.05) is 56.7 Å². The van der Waals surface area contributed by atoms with Gasteiger partial charge in [0.1, 0.15) is 0 Å². The Balaban J connectivity index is 1.87. The standard InChI is InChI=1S/C22H26N2O3/c1-14(2)16-11-12-19(23-13-16)20(15-7-4-3-5-8-15)24-21(25)17-9-6-10-18(17)22(26)27/h3-5,7-8,11-14,17-18,20H,6,9-10H2,1-2H3,(H,24,25)(H,26,27). The Labute approximate surface area is 159 Å². The van der Waals surface area contributed by atoms with Crippen molar-refractivity contribution in [3.8, 4) is 0 Å². The number of aliphatic carboxylic acids is 1. The Hall–Kier alpha value is -2.69. The van der Waals surface area contributed by atoms with E-state index >= 15 is 0 Å². The van der Waals surface area contributed by atoms with Crippen LogP contribution in [-0.4, -0.2) is 22.0 Å². The van der Waals surface area contributed by atoms with Crippen LogP contribution in [-0.2, 0) is 9.59 Å². The Morgan fingerprint density at radius 1 is 1.04 bits per heavy atom. The number of carbonyl (C=O) groups is 2. The number of carboxylic acid groups (broad SMARTS) is 1. The fourth-order valence-corrected chi connectivity index (χ4v) is 3.72. The predicted molar refractivity (Wildman–Crippen MR) is 103 cm³/mol. The number of aromatic nitrogens is 1. The van der Waals surface area contributed by atoms with Crippen molar-refractivity contribution in [1.29, 1.82) is 0 Å². The monoisotopic (exact) mass is 366 g/mol. The molecule has 3 atom stereocenters. The van der Waals surface area contributed by atoms with E-state index in [0.717, 1.165) is 23.2 Å². The molecule has 3 rings (SSSR count). The smallest absolute Gasteiger partial charge is 0.307 e. The third-order valence-corrected chi connectivity index (χ3v) is 5.36. The highest BCUT2D eigenvalue weighted by Crippen LogP contribution is 2.33. The summed E-state index contributed by atoms with van der Waals surface area (Å²) in [5.41, 5.74) is 2.82. The number of pyridine rings is 1. The largest absolute Gasteiger partial charge is 0.481 e. The van der Waals surface area contributed by atoms with Gasteiger partial charge in [0, 0.05) is 6.20 Å². The first-order valence-electron chi connectivity index (χ1n) is 9.51. The summed E-state index contributed by atoms with van der Waals surface area (Å²) in [4.78, 5) is 28.9. The van der Waals surface area contributed by atoms with Gasteiger partial charge < -0.3 is 10.4 Å². The topological polar surface area (TPSA) is 79.3 Å². The second-order valence-electron chi connectivity index (χ2n) is 7.51. The molecule has 1 saturated carbocycles. The van der Waals surface area contributed by atoms with Gasteiger partial charge in [-0.05, 0) is 36.0 Å². The first kappa shape index (κ1) is 19.1. The molecular formula is C22H26N2O3. The lowest BCUT2D eigenvalue weighted by molar-refractivity contribution is -0.146. The number of hydrogen-bond donors (Lipinski definition) is 2. The highest BCUT2D eigenvalue weighted by molar-refractivity contribution is 5.85. The lowest BCUT2D eigenvalue weighted by Crippen LogP contribution is -2.38. The minimum atomic E-state index is -0.886. The van der Waals surface area contributed by atoms with Crippen molar-refractivity contribution >= 4 is 11.9 Å². The van der Waals surface area contributed by atoms with Crippen LogP contribution in [0.1, 0.15) is 61.9 Å². The van der Waals surface area contributed by atoms with E-state index in [9.17, 15) is 14.7 Å². The molecule has 2 aromatic rings. The van der Waals surface area contributed by atoms with E-state index < -0.39 is 23.8 Å².